The van der Waals surface area contributed by atoms with Gasteiger partial charge in [-0.3, -0.25) is 5.43 Å². The van der Waals surface area contributed by atoms with Gasteiger partial charge in [-0.25, -0.2) is 4.79 Å². The predicted octanol–water partition coefficient (Wildman–Crippen LogP) is 1.89. The summed E-state index contributed by atoms with van der Waals surface area (Å²) in [6.07, 6.45) is 4.12. The Balaban J connectivity index is 2.29. The van der Waals surface area contributed by atoms with Gasteiger partial charge in [0, 0.05) is 0 Å². The fraction of sp³-hybridized carbons (Fsp3) is 0.500. The second-order valence-electron chi connectivity index (χ2n) is 3.94. The normalized spacial score (nSPS) is 19.8. The van der Waals surface area contributed by atoms with E-state index in [1.165, 1.54) is 0 Å². The third-order valence-electron chi connectivity index (χ3n) is 2.89. The SMILES string of the molecule is C=C1NN=C(C(=O)OCC)C2=C1CCCC2. The first-order valence-corrected chi connectivity index (χ1v) is 5.66. The Morgan fingerprint density at radius 2 is 2.12 bits per heavy atom. The van der Waals surface area contributed by atoms with Crippen molar-refractivity contribution in [3.63, 3.8) is 0 Å². The van der Waals surface area contributed by atoms with Gasteiger partial charge in [0.2, 0.25) is 0 Å². The maximum Gasteiger partial charge on any atom is 0.359 e. The number of ether oxygens (including phenoxy) is 1. The van der Waals surface area contributed by atoms with Crippen molar-refractivity contribution in [1.82, 2.24) is 5.43 Å². The molecule has 1 heterocycles. The van der Waals surface area contributed by atoms with Gasteiger partial charge in [-0.05, 0) is 43.8 Å². The Morgan fingerprint density at radius 3 is 2.81 bits per heavy atom. The van der Waals surface area contributed by atoms with Crippen molar-refractivity contribution in [1.29, 1.82) is 0 Å². The van der Waals surface area contributed by atoms with Gasteiger partial charge in [0.25, 0.3) is 0 Å². The van der Waals surface area contributed by atoms with E-state index in [-0.39, 0.29) is 5.97 Å². The van der Waals surface area contributed by atoms with Gasteiger partial charge < -0.3 is 4.74 Å². The molecule has 2 aliphatic rings. The number of hydrogen-bond acceptors (Lipinski definition) is 4. The zero-order chi connectivity index (χ0) is 11.5. The number of esters is 1. The van der Waals surface area contributed by atoms with Crippen LogP contribution in [0.15, 0.2) is 28.5 Å². The Bertz CT molecular complexity index is 394. The monoisotopic (exact) mass is 220 g/mol. The van der Waals surface area contributed by atoms with Crippen molar-refractivity contribution in [3.05, 3.63) is 23.4 Å². The van der Waals surface area contributed by atoms with Crippen molar-refractivity contribution in [2.45, 2.75) is 32.6 Å². The van der Waals surface area contributed by atoms with Crippen molar-refractivity contribution in [3.8, 4) is 0 Å². The van der Waals surface area contributed by atoms with Crippen LogP contribution < -0.4 is 5.43 Å². The summed E-state index contributed by atoms with van der Waals surface area (Å²) < 4.78 is 4.99. The molecule has 0 unspecified atom stereocenters. The van der Waals surface area contributed by atoms with Gasteiger partial charge >= 0.3 is 5.97 Å². The molecule has 0 spiro atoms. The molecule has 0 fully saturated rings. The fourth-order valence-electron chi connectivity index (χ4n) is 2.13. The van der Waals surface area contributed by atoms with E-state index in [4.69, 9.17) is 4.74 Å². The number of carbonyl (C=O) groups is 1. The molecule has 0 amide bonds. The first-order chi connectivity index (χ1) is 7.74. The summed E-state index contributed by atoms with van der Waals surface area (Å²) in [5.41, 5.74) is 6.23. The van der Waals surface area contributed by atoms with E-state index in [0.717, 1.165) is 42.5 Å². The molecule has 0 bridgehead atoms. The lowest BCUT2D eigenvalue weighted by Gasteiger charge is -2.25. The predicted molar refractivity (Wildman–Crippen MR) is 61.8 cm³/mol. The third-order valence-corrected chi connectivity index (χ3v) is 2.89. The van der Waals surface area contributed by atoms with E-state index in [1.54, 1.807) is 6.92 Å². The summed E-state index contributed by atoms with van der Waals surface area (Å²) in [7, 11) is 0. The molecule has 0 saturated heterocycles. The largest absolute Gasteiger partial charge is 0.461 e. The van der Waals surface area contributed by atoms with Gasteiger partial charge in [-0.2, -0.15) is 5.10 Å². The van der Waals surface area contributed by atoms with Crippen molar-refractivity contribution in [2.24, 2.45) is 5.10 Å². The summed E-state index contributed by atoms with van der Waals surface area (Å²) >= 11 is 0. The standard InChI is InChI=1S/C12H16N2O2/c1-3-16-12(15)11-10-7-5-4-6-9(10)8(2)13-14-11/h13H,2-7H2,1H3. The van der Waals surface area contributed by atoms with E-state index < -0.39 is 0 Å². The number of hydrogen-bond donors (Lipinski definition) is 1. The molecule has 4 nitrogen and oxygen atoms in total. The minimum Gasteiger partial charge on any atom is -0.461 e. The molecule has 0 saturated carbocycles. The molecule has 0 atom stereocenters. The first kappa shape index (κ1) is 10.9. The van der Waals surface area contributed by atoms with Crippen LogP contribution in [0, 0.1) is 0 Å². The average molecular weight is 220 g/mol. The second kappa shape index (κ2) is 4.51. The zero-order valence-corrected chi connectivity index (χ0v) is 9.51. The minimum atomic E-state index is -0.336. The van der Waals surface area contributed by atoms with Crippen LogP contribution in [0.2, 0.25) is 0 Å². The highest BCUT2D eigenvalue weighted by molar-refractivity contribution is 6.43. The molecule has 0 aromatic heterocycles. The van der Waals surface area contributed by atoms with Crippen LogP contribution in [0.25, 0.3) is 0 Å². The first-order valence-electron chi connectivity index (χ1n) is 5.66. The smallest absolute Gasteiger partial charge is 0.359 e. The fourth-order valence-corrected chi connectivity index (χ4v) is 2.13. The number of allylic oxidation sites excluding steroid dienone is 1. The highest BCUT2D eigenvalue weighted by atomic mass is 16.5. The lowest BCUT2D eigenvalue weighted by atomic mass is 9.87. The summed E-state index contributed by atoms with van der Waals surface area (Å²) in [6.45, 7) is 6.08. The Kier molecular flexibility index (Phi) is 3.08. The number of hydrazone groups is 1. The lowest BCUT2D eigenvalue weighted by Crippen LogP contribution is -2.30. The third kappa shape index (κ3) is 1.87. The number of nitrogens with zero attached hydrogens (tertiary/aromatic N) is 1. The zero-order valence-electron chi connectivity index (χ0n) is 9.51. The summed E-state index contributed by atoms with van der Waals surface area (Å²) in [4.78, 5) is 11.7. The quantitative estimate of drug-likeness (QED) is 0.723. The second-order valence-corrected chi connectivity index (χ2v) is 3.94. The molecular weight excluding hydrogens is 204 g/mol. The Labute approximate surface area is 95.1 Å². The Hall–Kier alpha value is -1.58. The number of nitrogens with one attached hydrogen (secondary N) is 1. The number of carbonyl (C=O) groups excluding carboxylic acids is 1. The van der Waals surface area contributed by atoms with Gasteiger partial charge in [-0.1, -0.05) is 6.58 Å². The molecule has 1 aliphatic carbocycles. The molecule has 2 rings (SSSR count). The van der Waals surface area contributed by atoms with Crippen molar-refractivity contribution < 1.29 is 9.53 Å². The van der Waals surface area contributed by atoms with Crippen LogP contribution in [-0.2, 0) is 9.53 Å². The maximum absolute atomic E-state index is 11.7. The van der Waals surface area contributed by atoms with Crippen molar-refractivity contribution in [2.75, 3.05) is 6.61 Å². The van der Waals surface area contributed by atoms with E-state index in [2.05, 4.69) is 17.1 Å². The lowest BCUT2D eigenvalue weighted by molar-refractivity contribution is -0.135. The van der Waals surface area contributed by atoms with Crippen LogP contribution in [0.3, 0.4) is 0 Å². The molecule has 4 heteroatoms. The highest BCUT2D eigenvalue weighted by Gasteiger charge is 2.27. The molecule has 1 N–H and O–H groups in total. The van der Waals surface area contributed by atoms with Crippen LogP contribution in [0.1, 0.15) is 32.6 Å². The summed E-state index contributed by atoms with van der Waals surface area (Å²) in [6, 6.07) is 0. The highest BCUT2D eigenvalue weighted by Crippen LogP contribution is 2.31. The van der Waals surface area contributed by atoms with Crippen molar-refractivity contribution >= 4 is 11.7 Å². The van der Waals surface area contributed by atoms with Gasteiger partial charge in [0.1, 0.15) is 0 Å². The summed E-state index contributed by atoms with van der Waals surface area (Å²) in [5.74, 6) is -0.336. The van der Waals surface area contributed by atoms with E-state index in [9.17, 15) is 4.79 Å². The number of rotatable bonds is 2. The molecule has 0 aromatic rings. The Morgan fingerprint density at radius 1 is 1.44 bits per heavy atom. The van der Waals surface area contributed by atoms with Crippen LogP contribution in [0.5, 0.6) is 0 Å². The molecular formula is C12H16N2O2. The van der Waals surface area contributed by atoms with Gasteiger partial charge in [0.15, 0.2) is 5.71 Å². The molecule has 0 radical (unpaired) electrons. The van der Waals surface area contributed by atoms with E-state index in [1.807, 2.05) is 0 Å². The molecule has 0 aromatic carbocycles. The van der Waals surface area contributed by atoms with Crippen LogP contribution >= 0.6 is 0 Å². The maximum atomic E-state index is 11.7. The average Bonchev–Trinajstić information content (AvgIpc) is 2.30. The van der Waals surface area contributed by atoms with E-state index in [0.29, 0.717) is 12.3 Å². The van der Waals surface area contributed by atoms with Crippen LogP contribution in [-0.4, -0.2) is 18.3 Å². The molecule has 86 valence electrons. The topological polar surface area (TPSA) is 50.7 Å². The minimum absolute atomic E-state index is 0.336. The van der Waals surface area contributed by atoms with Gasteiger partial charge in [-0.15, -0.1) is 0 Å². The van der Waals surface area contributed by atoms with E-state index >= 15 is 0 Å². The molecule has 16 heavy (non-hydrogen) atoms. The van der Waals surface area contributed by atoms with Crippen LogP contribution in [0.4, 0.5) is 0 Å². The van der Waals surface area contributed by atoms with Gasteiger partial charge in [0.05, 0.1) is 12.3 Å². The summed E-state index contributed by atoms with van der Waals surface area (Å²) in [5, 5.41) is 4.05. The molecule has 1 aliphatic heterocycles.